The Hall–Kier alpha value is -1.76. The molecule has 0 radical (unpaired) electrons. The van der Waals surface area contributed by atoms with Gasteiger partial charge in [0.2, 0.25) is 0 Å². The summed E-state index contributed by atoms with van der Waals surface area (Å²) in [6.07, 6.45) is 0.938. The van der Waals surface area contributed by atoms with E-state index in [-0.39, 0.29) is 5.92 Å². The van der Waals surface area contributed by atoms with E-state index >= 15 is 0 Å². The molecule has 4 atom stereocenters. The minimum absolute atomic E-state index is 0.283. The van der Waals surface area contributed by atoms with Crippen molar-refractivity contribution in [3.8, 4) is 0 Å². The molecule has 1 aliphatic rings. The fourth-order valence-electron chi connectivity index (χ4n) is 2.38. The summed E-state index contributed by atoms with van der Waals surface area (Å²) < 4.78 is 6.95. The van der Waals surface area contributed by atoms with Crippen LogP contribution in [0.4, 0.5) is 0 Å². The van der Waals surface area contributed by atoms with Gasteiger partial charge in [-0.15, -0.1) is 11.6 Å². The molecule has 1 aliphatic heterocycles. The van der Waals surface area contributed by atoms with Crippen molar-refractivity contribution in [3.05, 3.63) is 43.5 Å². The molecule has 8 nitrogen and oxygen atoms in total. The summed E-state index contributed by atoms with van der Waals surface area (Å²) in [5.41, 5.74) is 6.48. The number of alkyl halides is 1. The number of hydrogen-bond acceptors (Lipinski definition) is 4. The van der Waals surface area contributed by atoms with Crippen LogP contribution in [0.3, 0.4) is 0 Å². The quantitative estimate of drug-likeness (QED) is 0.397. The maximum atomic E-state index is 11.8. The molecule has 0 spiro atoms. The Balaban J connectivity index is 2.47. The third-order valence-corrected chi connectivity index (χ3v) is 4.23. The lowest BCUT2D eigenvalue weighted by atomic mass is 9.95. The van der Waals surface area contributed by atoms with E-state index in [1.165, 1.54) is 16.8 Å². The van der Waals surface area contributed by atoms with Gasteiger partial charge in [0.1, 0.15) is 0 Å². The number of nitrogens with zero attached hydrogens (tertiary/aromatic N) is 4. The van der Waals surface area contributed by atoms with Crippen LogP contribution in [0, 0.1) is 5.92 Å². The maximum absolute atomic E-state index is 11.8. The van der Waals surface area contributed by atoms with Gasteiger partial charge in [-0.1, -0.05) is 19.0 Å². The number of aromatic nitrogens is 2. The zero-order valence-corrected chi connectivity index (χ0v) is 11.7. The van der Waals surface area contributed by atoms with Crippen molar-refractivity contribution < 1.29 is 4.74 Å². The van der Waals surface area contributed by atoms with Crippen LogP contribution >= 0.6 is 11.6 Å². The Morgan fingerprint density at radius 2 is 2.35 bits per heavy atom. The fourth-order valence-corrected chi connectivity index (χ4v) is 2.75. The molecule has 0 saturated carbocycles. The molecule has 20 heavy (non-hydrogen) atoms. The molecule has 1 fully saturated rings. The largest absolute Gasteiger partial charge is 0.343 e. The topological polar surface area (TPSA) is 113 Å². The summed E-state index contributed by atoms with van der Waals surface area (Å²) in [4.78, 5) is 27.8. The highest BCUT2D eigenvalue weighted by atomic mass is 35.5. The standard InChI is InChI=1S/C11H14ClN5O3/c1-3-11(15-16-13)6(2)8(12)9(20-11)17-5-4-7(18)14-10(17)19/h4-6,8-9H,3H2,1-2H3,(H,14,18,19)/t6-,8+,9+,11+/m0/s1. The highest BCUT2D eigenvalue weighted by Gasteiger charge is 2.51. The number of aromatic amines is 1. The molecular formula is C11H14ClN5O3. The van der Waals surface area contributed by atoms with Crippen molar-refractivity contribution in [1.82, 2.24) is 9.55 Å². The second-order valence-corrected chi connectivity index (χ2v) is 5.15. The molecule has 9 heteroatoms. The first-order valence-corrected chi connectivity index (χ1v) is 6.58. The molecule has 0 amide bonds. The van der Waals surface area contributed by atoms with E-state index in [9.17, 15) is 9.59 Å². The molecule has 2 heterocycles. The van der Waals surface area contributed by atoms with E-state index in [0.29, 0.717) is 6.42 Å². The summed E-state index contributed by atoms with van der Waals surface area (Å²) in [6.45, 7) is 3.61. The van der Waals surface area contributed by atoms with Gasteiger partial charge < -0.3 is 4.74 Å². The lowest BCUT2D eigenvalue weighted by Gasteiger charge is -2.26. The molecule has 0 aromatic carbocycles. The lowest BCUT2D eigenvalue weighted by molar-refractivity contribution is -0.0823. The average molecular weight is 300 g/mol. The Bertz CT molecular complexity index is 665. The summed E-state index contributed by atoms with van der Waals surface area (Å²) in [5, 5.41) is 3.15. The predicted molar refractivity (Wildman–Crippen MR) is 72.4 cm³/mol. The first kappa shape index (κ1) is 14.6. The fraction of sp³-hybridized carbons (Fsp3) is 0.636. The number of hydrogen-bond donors (Lipinski definition) is 1. The number of ether oxygens (including phenoxy) is 1. The Labute approximate surface area is 119 Å². The maximum Gasteiger partial charge on any atom is 0.330 e. The van der Waals surface area contributed by atoms with Gasteiger partial charge in [0.15, 0.2) is 12.0 Å². The number of halogens is 1. The van der Waals surface area contributed by atoms with Crippen LogP contribution in [0.1, 0.15) is 26.5 Å². The normalized spacial score (nSPS) is 32.9. The second kappa shape index (κ2) is 5.32. The Morgan fingerprint density at radius 3 is 2.90 bits per heavy atom. The predicted octanol–water partition coefficient (Wildman–Crippen LogP) is 1.73. The third kappa shape index (κ3) is 2.22. The Kier molecular flexibility index (Phi) is 3.89. The van der Waals surface area contributed by atoms with Crippen LogP contribution in [0.5, 0.6) is 0 Å². The van der Waals surface area contributed by atoms with Crippen molar-refractivity contribution in [3.63, 3.8) is 0 Å². The zero-order valence-electron chi connectivity index (χ0n) is 11.0. The van der Waals surface area contributed by atoms with Crippen molar-refractivity contribution in [2.45, 2.75) is 37.6 Å². The van der Waals surface area contributed by atoms with Crippen molar-refractivity contribution >= 4 is 11.6 Å². The molecule has 2 rings (SSSR count). The monoisotopic (exact) mass is 299 g/mol. The Morgan fingerprint density at radius 1 is 1.65 bits per heavy atom. The molecule has 1 N–H and O–H groups in total. The summed E-state index contributed by atoms with van der Waals surface area (Å²) >= 11 is 6.31. The van der Waals surface area contributed by atoms with Gasteiger partial charge >= 0.3 is 5.69 Å². The van der Waals surface area contributed by atoms with Crippen LogP contribution in [0.15, 0.2) is 27.0 Å². The van der Waals surface area contributed by atoms with Crippen molar-refractivity contribution in [2.75, 3.05) is 0 Å². The van der Waals surface area contributed by atoms with E-state index in [1.807, 2.05) is 6.92 Å². The summed E-state index contributed by atoms with van der Waals surface area (Å²) in [6, 6.07) is 1.21. The van der Waals surface area contributed by atoms with E-state index < -0.39 is 28.6 Å². The molecule has 0 unspecified atom stereocenters. The molecular weight excluding hydrogens is 286 g/mol. The zero-order chi connectivity index (χ0) is 14.9. The number of rotatable bonds is 3. The first-order valence-electron chi connectivity index (χ1n) is 6.15. The third-order valence-electron chi connectivity index (χ3n) is 3.63. The van der Waals surface area contributed by atoms with Crippen molar-refractivity contribution in [1.29, 1.82) is 0 Å². The highest BCUT2D eigenvalue weighted by Crippen LogP contribution is 2.46. The SMILES string of the molecule is CC[C@@]1(N=[N+]=[N-])O[C@@H](n2ccc(=O)[nH]c2=O)[C@H](Cl)[C@@H]1C. The molecule has 108 valence electrons. The van der Waals surface area contributed by atoms with Crippen LogP contribution in [-0.4, -0.2) is 20.7 Å². The summed E-state index contributed by atoms with van der Waals surface area (Å²) in [7, 11) is 0. The van der Waals surface area contributed by atoms with E-state index in [4.69, 9.17) is 21.9 Å². The minimum atomic E-state index is -1.10. The highest BCUT2D eigenvalue weighted by molar-refractivity contribution is 6.21. The molecule has 1 aromatic heterocycles. The van der Waals surface area contributed by atoms with Crippen LogP contribution in [0.2, 0.25) is 0 Å². The number of nitrogens with one attached hydrogen (secondary N) is 1. The molecule has 0 bridgehead atoms. The van der Waals surface area contributed by atoms with E-state index in [2.05, 4.69) is 15.0 Å². The minimum Gasteiger partial charge on any atom is -0.343 e. The second-order valence-electron chi connectivity index (χ2n) is 4.65. The molecule has 1 aromatic rings. The van der Waals surface area contributed by atoms with Crippen LogP contribution in [-0.2, 0) is 4.74 Å². The van der Waals surface area contributed by atoms with Gasteiger partial charge in [0, 0.05) is 23.1 Å². The average Bonchev–Trinajstić information content (AvgIpc) is 2.65. The van der Waals surface area contributed by atoms with Gasteiger partial charge in [-0.3, -0.25) is 14.3 Å². The number of H-pyrrole nitrogens is 1. The molecule has 1 saturated heterocycles. The van der Waals surface area contributed by atoms with Gasteiger partial charge in [-0.2, -0.15) is 0 Å². The first-order chi connectivity index (χ1) is 9.45. The van der Waals surface area contributed by atoms with Crippen LogP contribution in [0.25, 0.3) is 10.4 Å². The van der Waals surface area contributed by atoms with E-state index in [0.717, 1.165) is 0 Å². The van der Waals surface area contributed by atoms with Gasteiger partial charge in [-0.25, -0.2) is 4.79 Å². The molecule has 0 aliphatic carbocycles. The van der Waals surface area contributed by atoms with Gasteiger partial charge in [0.25, 0.3) is 5.56 Å². The number of azide groups is 1. The summed E-state index contributed by atoms with van der Waals surface area (Å²) in [5.74, 6) is -0.283. The lowest BCUT2D eigenvalue weighted by Crippen LogP contribution is -2.34. The smallest absolute Gasteiger partial charge is 0.330 e. The van der Waals surface area contributed by atoms with Gasteiger partial charge in [-0.05, 0) is 12.0 Å². The van der Waals surface area contributed by atoms with Crippen LogP contribution < -0.4 is 11.2 Å². The van der Waals surface area contributed by atoms with Crippen molar-refractivity contribution in [2.24, 2.45) is 11.0 Å². The van der Waals surface area contributed by atoms with Gasteiger partial charge in [0.05, 0.1) is 5.38 Å². The van der Waals surface area contributed by atoms with E-state index in [1.54, 1.807) is 6.92 Å².